The van der Waals surface area contributed by atoms with E-state index in [1.54, 1.807) is 18.2 Å². The zero-order valence-electron chi connectivity index (χ0n) is 20.3. The number of halogens is 3. The highest BCUT2D eigenvalue weighted by Crippen LogP contribution is 2.60. The van der Waals surface area contributed by atoms with Crippen LogP contribution in [-0.4, -0.2) is 18.5 Å². The van der Waals surface area contributed by atoms with Crippen molar-refractivity contribution in [3.8, 4) is 0 Å². The lowest BCUT2D eigenvalue weighted by molar-refractivity contribution is -0.385. The van der Waals surface area contributed by atoms with Gasteiger partial charge < -0.3 is 4.90 Å². The van der Waals surface area contributed by atoms with E-state index in [4.69, 9.17) is 0 Å². The van der Waals surface area contributed by atoms with Gasteiger partial charge in [-0.2, -0.15) is 13.2 Å². The molecule has 8 heteroatoms. The summed E-state index contributed by atoms with van der Waals surface area (Å²) in [6.45, 7) is 15.7. The van der Waals surface area contributed by atoms with Crippen molar-refractivity contribution in [1.82, 2.24) is 0 Å². The molecular weight excluding hydrogens is 445 g/mol. The molecule has 2 aromatic carbocycles. The summed E-state index contributed by atoms with van der Waals surface area (Å²) in [4.78, 5) is 13.6. The number of hydrogen-bond acceptors (Lipinski definition) is 3. The van der Waals surface area contributed by atoms with E-state index in [9.17, 15) is 23.3 Å². The lowest BCUT2D eigenvalue weighted by atomic mass is 10.00. The van der Waals surface area contributed by atoms with Gasteiger partial charge in [-0.25, -0.2) is 0 Å². The maximum Gasteiger partial charge on any atom is 0.416 e. The normalized spacial score (nSPS) is 21.3. The molecule has 180 valence electrons. The van der Waals surface area contributed by atoms with Crippen LogP contribution in [0.25, 0.3) is 0 Å². The predicted octanol–water partition coefficient (Wildman–Crippen LogP) is 8.22. The fourth-order valence-electron chi connectivity index (χ4n) is 5.41. The van der Waals surface area contributed by atoms with E-state index in [1.165, 1.54) is 18.2 Å². The van der Waals surface area contributed by atoms with Gasteiger partial charge in [0.2, 0.25) is 0 Å². The van der Waals surface area contributed by atoms with Gasteiger partial charge >= 0.3 is 6.18 Å². The maximum atomic E-state index is 13.2. The molecule has 3 rings (SSSR count). The van der Waals surface area contributed by atoms with Crippen LogP contribution in [0, 0.1) is 10.1 Å². The molecule has 0 amide bonds. The largest absolute Gasteiger partial charge is 0.416 e. The zero-order valence-corrected chi connectivity index (χ0v) is 21.3. The Morgan fingerprint density at radius 2 is 1.58 bits per heavy atom. The summed E-state index contributed by atoms with van der Waals surface area (Å²) in [7, 11) is -1.93. The van der Waals surface area contributed by atoms with E-state index in [1.807, 2.05) is 0 Å². The molecule has 2 unspecified atom stereocenters. The Bertz CT molecular complexity index is 1030. The second-order valence-corrected chi connectivity index (χ2v) is 16.8. The summed E-state index contributed by atoms with van der Waals surface area (Å²) in [6, 6.07) is 11.6. The highest BCUT2D eigenvalue weighted by Gasteiger charge is 2.57. The lowest BCUT2D eigenvalue weighted by Crippen LogP contribution is -2.52. The van der Waals surface area contributed by atoms with Crippen molar-refractivity contribution < 1.29 is 18.1 Å². The van der Waals surface area contributed by atoms with Crippen LogP contribution in [0.5, 0.6) is 0 Å². The summed E-state index contributed by atoms with van der Waals surface area (Å²) in [5.41, 5.74) is 0.459. The van der Waals surface area contributed by atoms with Crippen molar-refractivity contribution in [2.75, 3.05) is 4.90 Å². The standard InChI is InChI=1S/C25H33F3N2O2Si/c1-23(2,3)33(6,7)22-16-21(19-10-8-9-11-20(19)30(31)32)29(24(22,4)5)18-14-12-17(13-15-18)25(26,27)28/h8-15,21-22H,16H2,1-7H3. The summed E-state index contributed by atoms with van der Waals surface area (Å²) in [6.07, 6.45) is -3.70. The van der Waals surface area contributed by atoms with Gasteiger partial charge in [-0.05, 0) is 55.1 Å². The number of nitro groups is 1. The van der Waals surface area contributed by atoms with E-state index in [-0.39, 0.29) is 27.2 Å². The molecule has 4 nitrogen and oxygen atoms in total. The van der Waals surface area contributed by atoms with Gasteiger partial charge in [-0.1, -0.05) is 52.1 Å². The number of rotatable bonds is 4. The number of alkyl halides is 3. The minimum Gasteiger partial charge on any atom is -0.359 e. The van der Waals surface area contributed by atoms with Crippen LogP contribution in [0.2, 0.25) is 23.7 Å². The molecule has 0 spiro atoms. The van der Waals surface area contributed by atoms with Crippen molar-refractivity contribution in [3.63, 3.8) is 0 Å². The van der Waals surface area contributed by atoms with Gasteiger partial charge in [0.05, 0.1) is 30.2 Å². The quantitative estimate of drug-likeness (QED) is 0.253. The fraction of sp³-hybridized carbons (Fsp3) is 0.520. The average Bonchev–Trinajstić information content (AvgIpc) is 2.97. The van der Waals surface area contributed by atoms with Crippen molar-refractivity contribution in [1.29, 1.82) is 0 Å². The van der Waals surface area contributed by atoms with E-state index in [2.05, 4.69) is 52.6 Å². The molecule has 1 fully saturated rings. The molecule has 2 atom stereocenters. The summed E-state index contributed by atoms with van der Waals surface area (Å²) < 4.78 is 39.6. The molecule has 2 aromatic rings. The first-order chi connectivity index (χ1) is 15.0. The Kier molecular flexibility index (Phi) is 6.24. The minimum atomic E-state index is -4.42. The number of anilines is 1. The Morgan fingerprint density at radius 1 is 1.03 bits per heavy atom. The van der Waals surface area contributed by atoms with E-state index in [0.29, 0.717) is 11.3 Å². The third kappa shape index (κ3) is 4.41. The van der Waals surface area contributed by atoms with Gasteiger partial charge in [-0.3, -0.25) is 10.1 Å². The first-order valence-corrected chi connectivity index (χ1v) is 14.3. The van der Waals surface area contributed by atoms with Crippen LogP contribution in [-0.2, 0) is 6.18 Å². The Labute approximate surface area is 195 Å². The van der Waals surface area contributed by atoms with Gasteiger partial charge in [0.15, 0.2) is 0 Å². The van der Waals surface area contributed by atoms with Crippen LogP contribution in [0.4, 0.5) is 24.5 Å². The van der Waals surface area contributed by atoms with Crippen LogP contribution < -0.4 is 4.90 Å². The smallest absolute Gasteiger partial charge is 0.359 e. The van der Waals surface area contributed by atoms with Crippen LogP contribution >= 0.6 is 0 Å². The van der Waals surface area contributed by atoms with Crippen LogP contribution in [0.3, 0.4) is 0 Å². The molecule has 0 aromatic heterocycles. The molecule has 0 aliphatic carbocycles. The lowest BCUT2D eigenvalue weighted by Gasteiger charge is -2.49. The molecule has 1 aliphatic rings. The van der Waals surface area contributed by atoms with Gasteiger partial charge in [0.1, 0.15) is 0 Å². The second kappa shape index (κ2) is 8.15. The molecule has 0 N–H and O–H groups in total. The first-order valence-electron chi connectivity index (χ1n) is 11.2. The van der Waals surface area contributed by atoms with E-state index < -0.39 is 25.4 Å². The molecule has 0 radical (unpaired) electrons. The monoisotopic (exact) mass is 478 g/mol. The fourth-order valence-corrected chi connectivity index (χ4v) is 9.18. The number of para-hydroxylation sites is 1. The van der Waals surface area contributed by atoms with Gasteiger partial charge in [-0.15, -0.1) is 0 Å². The molecule has 33 heavy (non-hydrogen) atoms. The topological polar surface area (TPSA) is 46.4 Å². The number of hydrogen-bond donors (Lipinski definition) is 0. The average molecular weight is 479 g/mol. The molecule has 1 aliphatic heterocycles. The third-order valence-corrected chi connectivity index (χ3v) is 14.6. The zero-order chi connectivity index (χ0) is 25.0. The minimum absolute atomic E-state index is 0.0473. The van der Waals surface area contributed by atoms with Crippen LogP contribution in [0.15, 0.2) is 48.5 Å². The van der Waals surface area contributed by atoms with E-state index >= 15 is 0 Å². The molecular formula is C25H33F3N2O2Si. The number of nitro benzene ring substituents is 1. The number of benzene rings is 2. The Hall–Kier alpha value is -2.35. The molecule has 0 bridgehead atoms. The van der Waals surface area contributed by atoms with Crippen molar-refractivity contribution >= 4 is 19.4 Å². The Morgan fingerprint density at radius 3 is 2.06 bits per heavy atom. The maximum absolute atomic E-state index is 13.2. The highest BCUT2D eigenvalue weighted by atomic mass is 28.3. The summed E-state index contributed by atoms with van der Waals surface area (Å²) >= 11 is 0. The third-order valence-electron chi connectivity index (χ3n) is 8.01. The second-order valence-electron chi connectivity index (χ2n) is 11.2. The van der Waals surface area contributed by atoms with Gasteiger partial charge in [0, 0.05) is 17.3 Å². The van der Waals surface area contributed by atoms with Gasteiger partial charge in [0.25, 0.3) is 5.69 Å². The Balaban J connectivity index is 2.21. The molecule has 0 saturated carbocycles. The summed E-state index contributed by atoms with van der Waals surface area (Å²) in [5.74, 6) is 0. The number of nitrogens with zero attached hydrogens (tertiary/aromatic N) is 2. The molecule has 1 heterocycles. The van der Waals surface area contributed by atoms with E-state index in [0.717, 1.165) is 18.6 Å². The predicted molar refractivity (Wildman–Crippen MR) is 129 cm³/mol. The molecule has 1 saturated heterocycles. The van der Waals surface area contributed by atoms with Crippen molar-refractivity contribution in [2.45, 2.75) is 82.5 Å². The highest BCUT2D eigenvalue weighted by molar-refractivity contribution is 6.81. The first kappa shape index (κ1) is 25.3. The van der Waals surface area contributed by atoms with Crippen molar-refractivity contribution in [2.24, 2.45) is 0 Å². The SMILES string of the molecule is CC1(C)C([Si](C)(C)C(C)(C)C)CC(c2ccccc2[N+](=O)[O-])N1c1ccc(C(F)(F)F)cc1. The summed E-state index contributed by atoms with van der Waals surface area (Å²) in [5, 5.41) is 11.9. The van der Waals surface area contributed by atoms with Crippen LogP contribution in [0.1, 0.15) is 58.2 Å². The van der Waals surface area contributed by atoms with Crippen molar-refractivity contribution in [3.05, 3.63) is 69.8 Å².